The number of aliphatic carboxylic acids is 1. The molecule has 0 aromatic heterocycles. The first-order valence-corrected chi connectivity index (χ1v) is 4.93. The summed E-state index contributed by atoms with van der Waals surface area (Å²) < 4.78 is 0. The van der Waals surface area contributed by atoms with Crippen molar-refractivity contribution in [1.82, 2.24) is 0 Å². The molecule has 1 rings (SSSR count). The van der Waals surface area contributed by atoms with Gasteiger partial charge in [0.2, 0.25) is 0 Å². The minimum atomic E-state index is -0.793. The molecular formula is C10H18O3. The Morgan fingerprint density at radius 1 is 1.46 bits per heavy atom. The van der Waals surface area contributed by atoms with Gasteiger partial charge in [-0.25, -0.2) is 0 Å². The molecule has 0 amide bonds. The summed E-state index contributed by atoms with van der Waals surface area (Å²) in [5.74, 6) is -0.720. The van der Waals surface area contributed by atoms with E-state index < -0.39 is 18.0 Å². The van der Waals surface area contributed by atoms with Crippen LogP contribution in [-0.4, -0.2) is 22.3 Å². The van der Waals surface area contributed by atoms with Crippen molar-refractivity contribution in [3.8, 4) is 0 Å². The maximum Gasteiger partial charge on any atom is 0.306 e. The Kier molecular flexibility index (Phi) is 3.31. The van der Waals surface area contributed by atoms with Crippen molar-refractivity contribution in [2.45, 2.75) is 39.2 Å². The van der Waals surface area contributed by atoms with Gasteiger partial charge in [0.25, 0.3) is 0 Å². The van der Waals surface area contributed by atoms with E-state index in [1.807, 2.05) is 0 Å². The third kappa shape index (κ3) is 2.44. The Morgan fingerprint density at radius 3 is 2.54 bits per heavy atom. The number of rotatable bonds is 2. The molecule has 3 heteroatoms. The number of carboxylic acid groups (broad SMARTS) is 1. The standard InChI is InChI=1S/C10H18O3/c1-6-3-4-8(9(11)5-6)7(2)10(12)13/h6-9,11H,3-5H2,1-2H3,(H,12,13)/t6-,7+,8+,9-/m1/s1. The van der Waals surface area contributed by atoms with Crippen molar-refractivity contribution in [2.24, 2.45) is 17.8 Å². The Balaban J connectivity index is 2.55. The molecule has 0 heterocycles. The highest BCUT2D eigenvalue weighted by molar-refractivity contribution is 5.69. The molecular weight excluding hydrogens is 168 g/mol. The molecule has 0 aliphatic heterocycles. The molecule has 0 radical (unpaired) electrons. The maximum atomic E-state index is 10.7. The van der Waals surface area contributed by atoms with Gasteiger partial charge in [0.05, 0.1) is 12.0 Å². The van der Waals surface area contributed by atoms with Crippen molar-refractivity contribution in [1.29, 1.82) is 0 Å². The average Bonchev–Trinajstić information content (AvgIpc) is 2.03. The van der Waals surface area contributed by atoms with Crippen molar-refractivity contribution in [3.05, 3.63) is 0 Å². The molecule has 0 saturated heterocycles. The van der Waals surface area contributed by atoms with Gasteiger partial charge < -0.3 is 10.2 Å². The van der Waals surface area contributed by atoms with E-state index in [1.54, 1.807) is 6.92 Å². The fraction of sp³-hybridized carbons (Fsp3) is 0.900. The predicted molar refractivity (Wildman–Crippen MR) is 49.3 cm³/mol. The molecule has 2 N–H and O–H groups in total. The molecule has 3 nitrogen and oxygen atoms in total. The van der Waals surface area contributed by atoms with Crippen LogP contribution in [0, 0.1) is 17.8 Å². The van der Waals surface area contributed by atoms with E-state index in [0.29, 0.717) is 5.92 Å². The molecule has 76 valence electrons. The first-order chi connectivity index (χ1) is 6.02. The molecule has 4 atom stereocenters. The third-order valence-corrected chi connectivity index (χ3v) is 3.16. The van der Waals surface area contributed by atoms with E-state index in [1.165, 1.54) is 0 Å². The van der Waals surface area contributed by atoms with Crippen LogP contribution in [0.4, 0.5) is 0 Å². The molecule has 0 spiro atoms. The lowest BCUT2D eigenvalue weighted by Crippen LogP contribution is -2.35. The number of carboxylic acids is 1. The topological polar surface area (TPSA) is 57.5 Å². The predicted octanol–water partition coefficient (Wildman–Crippen LogP) is 1.50. The minimum Gasteiger partial charge on any atom is -0.481 e. The molecule has 1 aliphatic rings. The quantitative estimate of drug-likeness (QED) is 0.687. The van der Waals surface area contributed by atoms with E-state index in [9.17, 15) is 9.90 Å². The zero-order valence-electron chi connectivity index (χ0n) is 8.23. The van der Waals surface area contributed by atoms with Gasteiger partial charge in [-0.15, -0.1) is 0 Å². The summed E-state index contributed by atoms with van der Waals surface area (Å²) >= 11 is 0. The maximum absolute atomic E-state index is 10.7. The highest BCUT2D eigenvalue weighted by Gasteiger charge is 2.33. The van der Waals surface area contributed by atoms with Crippen LogP contribution in [0.15, 0.2) is 0 Å². The summed E-state index contributed by atoms with van der Waals surface area (Å²) in [6.07, 6.45) is 2.21. The summed E-state index contributed by atoms with van der Waals surface area (Å²) in [5, 5.41) is 18.5. The van der Waals surface area contributed by atoms with Crippen LogP contribution in [0.2, 0.25) is 0 Å². The lowest BCUT2D eigenvalue weighted by molar-refractivity contribution is -0.145. The van der Waals surface area contributed by atoms with Crippen LogP contribution in [0.5, 0.6) is 0 Å². The Bertz CT molecular complexity index is 191. The number of hydrogen-bond donors (Lipinski definition) is 2. The zero-order chi connectivity index (χ0) is 10.0. The van der Waals surface area contributed by atoms with Gasteiger partial charge in [-0.05, 0) is 24.7 Å². The van der Waals surface area contributed by atoms with Crippen molar-refractivity contribution in [3.63, 3.8) is 0 Å². The molecule has 1 saturated carbocycles. The second kappa shape index (κ2) is 4.09. The minimum absolute atomic E-state index is 0.0475. The van der Waals surface area contributed by atoms with E-state index >= 15 is 0 Å². The van der Waals surface area contributed by atoms with Crippen molar-refractivity contribution < 1.29 is 15.0 Å². The van der Waals surface area contributed by atoms with Gasteiger partial charge in [0, 0.05) is 0 Å². The first kappa shape index (κ1) is 10.5. The van der Waals surface area contributed by atoms with E-state index in [0.717, 1.165) is 19.3 Å². The monoisotopic (exact) mass is 186 g/mol. The van der Waals surface area contributed by atoms with Gasteiger partial charge in [-0.1, -0.05) is 20.3 Å². The molecule has 13 heavy (non-hydrogen) atoms. The molecule has 0 bridgehead atoms. The normalized spacial score (nSPS) is 37.0. The first-order valence-electron chi connectivity index (χ1n) is 4.93. The molecule has 1 aliphatic carbocycles. The largest absolute Gasteiger partial charge is 0.481 e. The highest BCUT2D eigenvalue weighted by atomic mass is 16.4. The molecule has 1 fully saturated rings. The van der Waals surface area contributed by atoms with Gasteiger partial charge in [-0.3, -0.25) is 4.79 Å². The van der Waals surface area contributed by atoms with Crippen LogP contribution in [0.1, 0.15) is 33.1 Å². The highest BCUT2D eigenvalue weighted by Crippen LogP contribution is 2.33. The fourth-order valence-corrected chi connectivity index (χ4v) is 2.14. The van der Waals surface area contributed by atoms with Gasteiger partial charge >= 0.3 is 5.97 Å². The zero-order valence-corrected chi connectivity index (χ0v) is 8.23. The average molecular weight is 186 g/mol. The van der Waals surface area contributed by atoms with Crippen molar-refractivity contribution >= 4 is 5.97 Å². The molecule has 0 aromatic rings. The van der Waals surface area contributed by atoms with Crippen LogP contribution in [-0.2, 0) is 4.79 Å². The summed E-state index contributed by atoms with van der Waals surface area (Å²) in [4.78, 5) is 10.7. The summed E-state index contributed by atoms with van der Waals surface area (Å²) in [5.41, 5.74) is 0. The number of carbonyl (C=O) groups is 1. The lowest BCUT2D eigenvalue weighted by atomic mass is 9.75. The lowest BCUT2D eigenvalue weighted by Gasteiger charge is -2.33. The number of aliphatic hydroxyl groups excluding tert-OH is 1. The van der Waals surface area contributed by atoms with Gasteiger partial charge in [-0.2, -0.15) is 0 Å². The number of aliphatic hydroxyl groups is 1. The molecule has 0 aromatic carbocycles. The Hall–Kier alpha value is -0.570. The SMILES string of the molecule is C[C@@H]1CC[C@@H]([C@H](C)C(=O)O)[C@H](O)C1. The van der Waals surface area contributed by atoms with Crippen molar-refractivity contribution in [2.75, 3.05) is 0 Å². The Labute approximate surface area is 78.8 Å². The van der Waals surface area contributed by atoms with Crippen LogP contribution < -0.4 is 0 Å². The summed E-state index contributed by atoms with van der Waals surface area (Å²) in [6.45, 7) is 3.79. The van der Waals surface area contributed by atoms with E-state index in [2.05, 4.69) is 6.92 Å². The summed E-state index contributed by atoms with van der Waals surface area (Å²) in [6, 6.07) is 0. The van der Waals surface area contributed by atoms with Gasteiger partial charge in [0.1, 0.15) is 0 Å². The smallest absolute Gasteiger partial charge is 0.306 e. The summed E-state index contributed by atoms with van der Waals surface area (Å²) in [7, 11) is 0. The van der Waals surface area contributed by atoms with E-state index in [4.69, 9.17) is 5.11 Å². The number of hydrogen-bond acceptors (Lipinski definition) is 2. The van der Waals surface area contributed by atoms with Crippen LogP contribution in [0.25, 0.3) is 0 Å². The Morgan fingerprint density at radius 2 is 2.08 bits per heavy atom. The van der Waals surface area contributed by atoms with Crippen LogP contribution >= 0.6 is 0 Å². The second-order valence-corrected chi connectivity index (χ2v) is 4.28. The fourth-order valence-electron chi connectivity index (χ4n) is 2.14. The van der Waals surface area contributed by atoms with E-state index in [-0.39, 0.29) is 5.92 Å². The van der Waals surface area contributed by atoms with Gasteiger partial charge in [0.15, 0.2) is 0 Å². The second-order valence-electron chi connectivity index (χ2n) is 4.28. The van der Waals surface area contributed by atoms with Crippen LogP contribution in [0.3, 0.4) is 0 Å². The third-order valence-electron chi connectivity index (χ3n) is 3.16. The molecule has 0 unspecified atom stereocenters.